The van der Waals surface area contributed by atoms with E-state index in [9.17, 15) is 8.42 Å². The smallest absolute Gasteiger partial charge is 0.257 e. The van der Waals surface area contributed by atoms with Gasteiger partial charge >= 0.3 is 0 Å². The van der Waals surface area contributed by atoms with Crippen LogP contribution in [0.3, 0.4) is 0 Å². The Kier molecular flexibility index (Phi) is 2.21. The molecule has 0 aromatic carbocycles. The number of nitrogens with zero attached hydrogens (tertiary/aromatic N) is 4. The molecule has 8 heteroatoms. The zero-order valence-electron chi connectivity index (χ0n) is 7.48. The Morgan fingerprint density at radius 2 is 2.07 bits per heavy atom. The molecule has 0 saturated heterocycles. The largest absolute Gasteiger partial charge is 0.288 e. The molecular weight excluding hydrogens is 218 g/mol. The van der Waals surface area contributed by atoms with Gasteiger partial charge in [-0.3, -0.25) is 9.55 Å². The number of hydrogen-bond acceptors (Lipinski definition) is 5. The predicted octanol–water partition coefficient (Wildman–Crippen LogP) is -0.690. The van der Waals surface area contributed by atoms with Crippen molar-refractivity contribution in [2.24, 2.45) is 5.14 Å². The number of rotatable bonds is 2. The van der Waals surface area contributed by atoms with Gasteiger partial charge in [-0.25, -0.2) is 23.5 Å². The molecule has 0 amide bonds. The standard InChI is InChI=1S/C7H7N5O2S/c8-15(13,14)7-4-12(5-11-7)6-3-9-1-2-10-6/h1-5H,(H2,8,13,14). The second-order valence-electron chi connectivity index (χ2n) is 2.73. The van der Waals surface area contributed by atoms with Gasteiger partial charge in [-0.2, -0.15) is 0 Å². The molecule has 2 heterocycles. The number of aromatic nitrogens is 4. The SMILES string of the molecule is NS(=O)(=O)c1cn(-c2cnccn2)cn1. The van der Waals surface area contributed by atoms with Crippen LogP contribution in [0.2, 0.25) is 0 Å². The Bertz CT molecular complexity index is 562. The Labute approximate surface area is 85.7 Å². The first-order valence-electron chi connectivity index (χ1n) is 3.90. The molecule has 0 bridgehead atoms. The van der Waals surface area contributed by atoms with Crippen molar-refractivity contribution >= 4 is 10.0 Å². The van der Waals surface area contributed by atoms with Crippen molar-refractivity contribution in [2.45, 2.75) is 5.03 Å². The Balaban J connectivity index is 2.46. The molecule has 0 spiro atoms. The van der Waals surface area contributed by atoms with Gasteiger partial charge in [0.25, 0.3) is 10.0 Å². The number of sulfonamides is 1. The van der Waals surface area contributed by atoms with E-state index in [1.807, 2.05) is 0 Å². The van der Waals surface area contributed by atoms with E-state index >= 15 is 0 Å². The third-order valence-electron chi connectivity index (χ3n) is 1.66. The van der Waals surface area contributed by atoms with Crippen LogP contribution >= 0.6 is 0 Å². The zero-order valence-corrected chi connectivity index (χ0v) is 8.29. The fraction of sp³-hybridized carbons (Fsp3) is 0. The van der Waals surface area contributed by atoms with Crippen LogP contribution in [0.25, 0.3) is 5.82 Å². The third-order valence-corrected chi connectivity index (χ3v) is 2.46. The van der Waals surface area contributed by atoms with E-state index in [1.165, 1.54) is 35.7 Å². The molecule has 2 N–H and O–H groups in total. The van der Waals surface area contributed by atoms with Crippen molar-refractivity contribution in [2.75, 3.05) is 0 Å². The van der Waals surface area contributed by atoms with Crippen LogP contribution < -0.4 is 5.14 Å². The van der Waals surface area contributed by atoms with Crippen LogP contribution in [0.15, 0.2) is 36.1 Å². The molecule has 0 aliphatic heterocycles. The molecule has 0 fully saturated rings. The molecule has 2 aromatic heterocycles. The normalized spacial score (nSPS) is 11.5. The van der Waals surface area contributed by atoms with Gasteiger partial charge in [-0.05, 0) is 0 Å². The van der Waals surface area contributed by atoms with Crippen LogP contribution in [0.1, 0.15) is 0 Å². The van der Waals surface area contributed by atoms with E-state index in [-0.39, 0.29) is 5.03 Å². The van der Waals surface area contributed by atoms with Gasteiger partial charge < -0.3 is 0 Å². The van der Waals surface area contributed by atoms with Gasteiger partial charge in [0, 0.05) is 12.4 Å². The molecule has 15 heavy (non-hydrogen) atoms. The Hall–Kier alpha value is -1.80. The Morgan fingerprint density at radius 1 is 1.27 bits per heavy atom. The van der Waals surface area contributed by atoms with Gasteiger partial charge in [0.1, 0.15) is 6.33 Å². The lowest BCUT2D eigenvalue weighted by atomic mass is 10.6. The zero-order chi connectivity index (χ0) is 10.9. The molecule has 0 unspecified atom stereocenters. The summed E-state index contributed by atoms with van der Waals surface area (Å²) in [7, 11) is -3.77. The third kappa shape index (κ3) is 2.00. The van der Waals surface area contributed by atoms with Gasteiger partial charge in [0.15, 0.2) is 10.8 Å². The van der Waals surface area contributed by atoms with E-state index in [0.29, 0.717) is 5.82 Å². The van der Waals surface area contributed by atoms with Crippen molar-refractivity contribution in [1.82, 2.24) is 19.5 Å². The first-order valence-corrected chi connectivity index (χ1v) is 5.45. The second-order valence-corrected chi connectivity index (χ2v) is 4.24. The van der Waals surface area contributed by atoms with Gasteiger partial charge in [0.2, 0.25) is 0 Å². The fourth-order valence-corrected chi connectivity index (χ4v) is 1.46. The monoisotopic (exact) mass is 225 g/mol. The van der Waals surface area contributed by atoms with E-state index in [1.54, 1.807) is 0 Å². The fourth-order valence-electron chi connectivity index (χ4n) is 1.00. The van der Waals surface area contributed by atoms with E-state index in [0.717, 1.165) is 0 Å². The summed E-state index contributed by atoms with van der Waals surface area (Å²) in [5.74, 6) is 0.472. The molecule has 2 rings (SSSR count). The van der Waals surface area contributed by atoms with Gasteiger partial charge in [0.05, 0.1) is 12.4 Å². The minimum atomic E-state index is -3.77. The lowest BCUT2D eigenvalue weighted by Crippen LogP contribution is -2.12. The summed E-state index contributed by atoms with van der Waals surface area (Å²) in [5.41, 5.74) is 0. The first-order chi connectivity index (χ1) is 7.07. The van der Waals surface area contributed by atoms with Crippen molar-refractivity contribution in [3.05, 3.63) is 31.1 Å². The van der Waals surface area contributed by atoms with Crippen LogP contribution in [-0.2, 0) is 10.0 Å². The average molecular weight is 225 g/mol. The van der Waals surface area contributed by atoms with E-state index in [4.69, 9.17) is 5.14 Å². The summed E-state index contributed by atoms with van der Waals surface area (Å²) in [6.45, 7) is 0. The maximum atomic E-state index is 10.9. The lowest BCUT2D eigenvalue weighted by molar-refractivity contribution is 0.594. The molecule has 2 aromatic rings. The molecule has 7 nitrogen and oxygen atoms in total. The number of nitrogens with two attached hydrogens (primary N) is 1. The van der Waals surface area contributed by atoms with Crippen molar-refractivity contribution in [1.29, 1.82) is 0 Å². The second kappa shape index (κ2) is 3.41. The van der Waals surface area contributed by atoms with Crippen LogP contribution in [0, 0.1) is 0 Å². The molecular formula is C7H7N5O2S. The summed E-state index contributed by atoms with van der Waals surface area (Å²) in [6, 6.07) is 0. The summed E-state index contributed by atoms with van der Waals surface area (Å²) in [4.78, 5) is 11.5. The van der Waals surface area contributed by atoms with Crippen molar-refractivity contribution in [3.8, 4) is 5.82 Å². The highest BCUT2D eigenvalue weighted by atomic mass is 32.2. The predicted molar refractivity (Wildman–Crippen MR) is 50.5 cm³/mol. The molecule has 0 aliphatic rings. The topological polar surface area (TPSA) is 104 Å². The highest BCUT2D eigenvalue weighted by Gasteiger charge is 2.11. The first kappa shape index (κ1) is 9.74. The number of primary sulfonamides is 1. The highest BCUT2D eigenvalue weighted by molar-refractivity contribution is 7.89. The lowest BCUT2D eigenvalue weighted by Gasteiger charge is -1.96. The van der Waals surface area contributed by atoms with Gasteiger partial charge in [-0.1, -0.05) is 0 Å². The molecule has 0 radical (unpaired) electrons. The molecule has 0 atom stereocenters. The summed E-state index contributed by atoms with van der Waals surface area (Å²) >= 11 is 0. The summed E-state index contributed by atoms with van der Waals surface area (Å²) in [5, 5.41) is 4.71. The van der Waals surface area contributed by atoms with E-state index < -0.39 is 10.0 Å². The van der Waals surface area contributed by atoms with Gasteiger partial charge in [-0.15, -0.1) is 0 Å². The quantitative estimate of drug-likeness (QED) is 0.728. The maximum Gasteiger partial charge on any atom is 0.257 e. The molecule has 78 valence electrons. The van der Waals surface area contributed by atoms with Crippen LogP contribution in [0.4, 0.5) is 0 Å². The number of hydrogen-bond donors (Lipinski definition) is 1. The highest BCUT2D eigenvalue weighted by Crippen LogP contribution is 2.06. The summed E-state index contributed by atoms with van der Waals surface area (Å²) in [6.07, 6.45) is 7.07. The number of imidazole rings is 1. The molecule has 0 saturated carbocycles. The average Bonchev–Trinajstić information content (AvgIpc) is 2.67. The Morgan fingerprint density at radius 3 is 2.60 bits per heavy atom. The van der Waals surface area contributed by atoms with Crippen molar-refractivity contribution in [3.63, 3.8) is 0 Å². The minimum Gasteiger partial charge on any atom is -0.288 e. The van der Waals surface area contributed by atoms with Crippen LogP contribution in [-0.4, -0.2) is 27.9 Å². The summed E-state index contributed by atoms with van der Waals surface area (Å²) < 4.78 is 23.3. The van der Waals surface area contributed by atoms with Crippen molar-refractivity contribution < 1.29 is 8.42 Å². The maximum absolute atomic E-state index is 10.9. The molecule has 0 aliphatic carbocycles. The minimum absolute atomic E-state index is 0.201. The van der Waals surface area contributed by atoms with E-state index in [2.05, 4.69) is 15.0 Å². The van der Waals surface area contributed by atoms with Crippen LogP contribution in [0.5, 0.6) is 0 Å².